The predicted octanol–water partition coefficient (Wildman–Crippen LogP) is 4.27. The SMILES string of the molecule is CN(C)CC(C)(C)N1c2ccccc2Oc2ccccc21. The zero-order chi connectivity index (χ0) is 15.0. The van der Waals surface area contributed by atoms with E-state index in [1.54, 1.807) is 0 Å². The van der Waals surface area contributed by atoms with Crippen molar-refractivity contribution in [2.45, 2.75) is 19.4 Å². The molecule has 0 N–H and O–H groups in total. The van der Waals surface area contributed by atoms with Gasteiger partial charge in [-0.2, -0.15) is 0 Å². The Hall–Kier alpha value is -2.00. The number of likely N-dealkylation sites (N-methyl/N-ethyl adjacent to an activating group) is 1. The smallest absolute Gasteiger partial charge is 0.151 e. The highest BCUT2D eigenvalue weighted by Gasteiger charge is 2.35. The Balaban J connectivity index is 2.15. The first-order chi connectivity index (χ1) is 9.99. The van der Waals surface area contributed by atoms with Gasteiger partial charge in [-0.3, -0.25) is 0 Å². The predicted molar refractivity (Wildman–Crippen MR) is 87.7 cm³/mol. The van der Waals surface area contributed by atoms with E-state index in [0.717, 1.165) is 29.4 Å². The third-order valence-corrected chi connectivity index (χ3v) is 3.74. The molecule has 1 aliphatic rings. The summed E-state index contributed by atoms with van der Waals surface area (Å²) in [6.07, 6.45) is 0. The Labute approximate surface area is 126 Å². The Bertz CT molecular complexity index is 604. The molecule has 0 saturated heterocycles. The molecule has 0 bridgehead atoms. The van der Waals surface area contributed by atoms with Crippen LogP contribution in [0.2, 0.25) is 0 Å². The van der Waals surface area contributed by atoms with Gasteiger partial charge in [-0.25, -0.2) is 0 Å². The van der Waals surface area contributed by atoms with Crippen LogP contribution < -0.4 is 9.64 Å². The van der Waals surface area contributed by atoms with E-state index in [0.29, 0.717) is 0 Å². The van der Waals surface area contributed by atoms with Crippen molar-refractivity contribution in [3.05, 3.63) is 48.5 Å². The van der Waals surface area contributed by atoms with Crippen molar-refractivity contribution in [1.29, 1.82) is 0 Å². The lowest BCUT2D eigenvalue weighted by molar-refractivity contribution is 0.309. The maximum absolute atomic E-state index is 6.05. The molecule has 3 heteroatoms. The average molecular weight is 282 g/mol. The van der Waals surface area contributed by atoms with E-state index < -0.39 is 0 Å². The van der Waals surface area contributed by atoms with Crippen molar-refractivity contribution >= 4 is 11.4 Å². The summed E-state index contributed by atoms with van der Waals surface area (Å²) in [6.45, 7) is 5.49. The van der Waals surface area contributed by atoms with Crippen molar-refractivity contribution in [3.8, 4) is 11.5 Å². The summed E-state index contributed by atoms with van der Waals surface area (Å²) in [4.78, 5) is 4.61. The van der Waals surface area contributed by atoms with E-state index in [1.807, 2.05) is 24.3 Å². The quantitative estimate of drug-likeness (QED) is 0.836. The fourth-order valence-corrected chi connectivity index (χ4v) is 3.20. The highest BCUT2D eigenvalue weighted by molar-refractivity contribution is 5.79. The Morgan fingerprint density at radius 1 is 0.905 bits per heavy atom. The third-order valence-electron chi connectivity index (χ3n) is 3.74. The minimum absolute atomic E-state index is 0.0422. The molecule has 0 amide bonds. The van der Waals surface area contributed by atoms with Crippen LogP contribution >= 0.6 is 0 Å². The van der Waals surface area contributed by atoms with E-state index in [2.05, 4.69) is 62.0 Å². The van der Waals surface area contributed by atoms with Crippen LogP contribution in [0.1, 0.15) is 13.8 Å². The van der Waals surface area contributed by atoms with E-state index in [-0.39, 0.29) is 5.54 Å². The molecule has 0 aliphatic carbocycles. The van der Waals surface area contributed by atoms with Crippen LogP contribution in [0.4, 0.5) is 11.4 Å². The van der Waals surface area contributed by atoms with Gasteiger partial charge in [0.1, 0.15) is 0 Å². The molecule has 2 aromatic carbocycles. The zero-order valence-electron chi connectivity index (χ0n) is 13.1. The second-order valence-corrected chi connectivity index (χ2v) is 6.42. The topological polar surface area (TPSA) is 15.7 Å². The number of hydrogen-bond donors (Lipinski definition) is 0. The van der Waals surface area contributed by atoms with Crippen LogP contribution in [0.15, 0.2) is 48.5 Å². The fourth-order valence-electron chi connectivity index (χ4n) is 3.20. The summed E-state index contributed by atoms with van der Waals surface area (Å²) in [5, 5.41) is 0. The first kappa shape index (κ1) is 14.0. The van der Waals surface area contributed by atoms with Crippen LogP contribution in [0.25, 0.3) is 0 Å². The molecule has 1 aliphatic heterocycles. The van der Waals surface area contributed by atoms with Crippen molar-refractivity contribution in [1.82, 2.24) is 4.90 Å². The fraction of sp³-hybridized carbons (Fsp3) is 0.333. The summed E-state index contributed by atoms with van der Waals surface area (Å²) < 4.78 is 6.05. The lowest BCUT2D eigenvalue weighted by atomic mass is 9.98. The number of nitrogens with zero attached hydrogens (tertiary/aromatic N) is 2. The van der Waals surface area contributed by atoms with Crippen LogP contribution in [0, 0.1) is 0 Å². The monoisotopic (exact) mass is 282 g/mol. The van der Waals surface area contributed by atoms with Gasteiger partial charge in [-0.05, 0) is 52.2 Å². The van der Waals surface area contributed by atoms with Gasteiger partial charge in [0.25, 0.3) is 0 Å². The second-order valence-electron chi connectivity index (χ2n) is 6.42. The molecule has 0 aromatic heterocycles. The van der Waals surface area contributed by atoms with Crippen molar-refractivity contribution in [2.24, 2.45) is 0 Å². The third kappa shape index (κ3) is 2.49. The molecular weight excluding hydrogens is 260 g/mol. The largest absolute Gasteiger partial charge is 0.453 e. The summed E-state index contributed by atoms with van der Waals surface area (Å²) in [5.74, 6) is 1.84. The van der Waals surface area contributed by atoms with E-state index in [9.17, 15) is 0 Å². The van der Waals surface area contributed by atoms with Crippen molar-refractivity contribution < 1.29 is 4.74 Å². The van der Waals surface area contributed by atoms with Crippen LogP contribution in [-0.4, -0.2) is 31.1 Å². The molecule has 3 nitrogen and oxygen atoms in total. The summed E-state index contributed by atoms with van der Waals surface area (Å²) in [5.41, 5.74) is 2.21. The molecule has 0 spiro atoms. The molecular formula is C18H22N2O. The Kier molecular flexibility index (Phi) is 3.38. The molecule has 0 radical (unpaired) electrons. The van der Waals surface area contributed by atoms with Crippen molar-refractivity contribution in [2.75, 3.05) is 25.5 Å². The highest BCUT2D eigenvalue weighted by Crippen LogP contribution is 2.49. The first-order valence-corrected chi connectivity index (χ1v) is 7.30. The minimum Gasteiger partial charge on any atom is -0.453 e. The number of para-hydroxylation sites is 4. The first-order valence-electron chi connectivity index (χ1n) is 7.30. The summed E-state index contributed by atoms with van der Waals surface area (Å²) in [7, 11) is 4.22. The molecule has 1 heterocycles. The van der Waals surface area contributed by atoms with E-state index >= 15 is 0 Å². The molecule has 21 heavy (non-hydrogen) atoms. The molecule has 2 aromatic rings. The van der Waals surface area contributed by atoms with Gasteiger partial charge in [-0.15, -0.1) is 0 Å². The number of benzene rings is 2. The molecule has 0 fully saturated rings. The number of anilines is 2. The zero-order valence-corrected chi connectivity index (χ0v) is 13.1. The number of fused-ring (bicyclic) bond motifs is 2. The summed E-state index contributed by atoms with van der Waals surface area (Å²) >= 11 is 0. The number of rotatable bonds is 3. The molecule has 0 saturated carbocycles. The normalized spacial score (nSPS) is 13.7. The van der Waals surface area contributed by atoms with Gasteiger partial charge in [0.05, 0.1) is 16.9 Å². The van der Waals surface area contributed by atoms with E-state index in [4.69, 9.17) is 4.74 Å². The average Bonchev–Trinajstić information content (AvgIpc) is 2.43. The maximum atomic E-state index is 6.05. The number of hydrogen-bond acceptors (Lipinski definition) is 3. The van der Waals surface area contributed by atoms with Gasteiger partial charge in [-0.1, -0.05) is 24.3 Å². The summed E-state index contributed by atoms with van der Waals surface area (Å²) in [6, 6.07) is 16.5. The van der Waals surface area contributed by atoms with E-state index in [1.165, 1.54) is 0 Å². The second kappa shape index (κ2) is 5.08. The van der Waals surface area contributed by atoms with Crippen molar-refractivity contribution in [3.63, 3.8) is 0 Å². The molecule has 0 unspecified atom stereocenters. The lowest BCUT2D eigenvalue weighted by Gasteiger charge is -2.45. The lowest BCUT2D eigenvalue weighted by Crippen LogP contribution is -2.49. The Morgan fingerprint density at radius 3 is 1.86 bits per heavy atom. The Morgan fingerprint density at radius 2 is 1.38 bits per heavy atom. The van der Waals surface area contributed by atoms with Crippen LogP contribution in [0.5, 0.6) is 11.5 Å². The highest BCUT2D eigenvalue weighted by atomic mass is 16.5. The van der Waals surface area contributed by atoms with Gasteiger partial charge in [0, 0.05) is 6.54 Å². The minimum atomic E-state index is -0.0422. The standard InChI is InChI=1S/C18H22N2O/c1-18(2,13-19(3)4)20-14-9-5-7-11-16(14)21-17-12-8-6-10-15(17)20/h5-12H,13H2,1-4H3. The van der Waals surface area contributed by atoms with Gasteiger partial charge in [0.15, 0.2) is 11.5 Å². The van der Waals surface area contributed by atoms with Crippen LogP contribution in [-0.2, 0) is 0 Å². The van der Waals surface area contributed by atoms with Gasteiger partial charge in [0.2, 0.25) is 0 Å². The maximum Gasteiger partial charge on any atom is 0.151 e. The van der Waals surface area contributed by atoms with Crippen LogP contribution in [0.3, 0.4) is 0 Å². The number of ether oxygens (including phenoxy) is 1. The van der Waals surface area contributed by atoms with Gasteiger partial charge < -0.3 is 14.5 Å². The molecule has 3 rings (SSSR count). The molecule has 0 atom stereocenters. The van der Waals surface area contributed by atoms with Gasteiger partial charge >= 0.3 is 0 Å². The molecule has 110 valence electrons.